The van der Waals surface area contributed by atoms with Crippen LogP contribution in [0.25, 0.3) is 0 Å². The van der Waals surface area contributed by atoms with E-state index in [1.54, 1.807) is 12.1 Å². The number of thioether (sulfide) groups is 1. The molecule has 1 aromatic heterocycles. The molecule has 2 aromatic rings. The monoisotopic (exact) mass is 304 g/mol. The second kappa shape index (κ2) is 6.93. The molecule has 0 radical (unpaired) electrons. The van der Waals surface area contributed by atoms with Gasteiger partial charge in [0.2, 0.25) is 0 Å². The number of ether oxygens (including phenoxy) is 1. The van der Waals surface area contributed by atoms with Crippen LogP contribution in [0.5, 0.6) is 5.75 Å². The summed E-state index contributed by atoms with van der Waals surface area (Å²) in [5, 5.41) is 19.4. The van der Waals surface area contributed by atoms with E-state index in [2.05, 4.69) is 9.97 Å². The molecule has 0 aliphatic rings. The Morgan fingerprint density at radius 2 is 1.81 bits per heavy atom. The van der Waals surface area contributed by atoms with Gasteiger partial charge in [0.1, 0.15) is 5.75 Å². The van der Waals surface area contributed by atoms with Crippen molar-refractivity contribution in [2.75, 3.05) is 7.11 Å². The fraction of sp³-hybridized carbons (Fsp3) is 0.286. The zero-order chi connectivity index (χ0) is 15.4. The summed E-state index contributed by atoms with van der Waals surface area (Å²) in [5.41, 5.74) is 3.18. The third-order valence-corrected chi connectivity index (χ3v) is 3.82. The molecule has 0 atom stereocenters. The van der Waals surface area contributed by atoms with Gasteiger partial charge < -0.3 is 14.8 Å². The normalized spacial score (nSPS) is 10.5. The molecule has 0 saturated carbocycles. The van der Waals surface area contributed by atoms with Gasteiger partial charge in [-0.05, 0) is 31.5 Å². The molecular weight excluding hydrogens is 287 g/mol. The predicted octanol–water partition coefficient (Wildman–Crippen LogP) is 1.07. The summed E-state index contributed by atoms with van der Waals surface area (Å²) in [6.07, 6.45) is 0. The van der Waals surface area contributed by atoms with Crippen molar-refractivity contribution in [2.45, 2.75) is 24.8 Å². The molecule has 1 aromatic carbocycles. The fourth-order valence-corrected chi connectivity index (χ4v) is 2.87. The van der Waals surface area contributed by atoms with Crippen molar-refractivity contribution in [1.82, 2.24) is 9.97 Å². The van der Waals surface area contributed by atoms with Gasteiger partial charge >= 0.3 is 7.12 Å². The first-order valence-electron chi connectivity index (χ1n) is 6.47. The molecule has 1 heterocycles. The molecule has 2 N–H and O–H groups in total. The highest BCUT2D eigenvalue weighted by molar-refractivity contribution is 7.98. The topological polar surface area (TPSA) is 75.5 Å². The van der Waals surface area contributed by atoms with Crippen LogP contribution >= 0.6 is 11.8 Å². The Morgan fingerprint density at radius 3 is 2.38 bits per heavy atom. The fourth-order valence-electron chi connectivity index (χ4n) is 1.98. The number of benzene rings is 1. The zero-order valence-corrected chi connectivity index (χ0v) is 13.0. The largest absolute Gasteiger partial charge is 0.497 e. The lowest BCUT2D eigenvalue weighted by Gasteiger charge is -2.10. The lowest BCUT2D eigenvalue weighted by Crippen LogP contribution is -2.31. The van der Waals surface area contributed by atoms with Crippen molar-refractivity contribution in [3.05, 3.63) is 41.2 Å². The van der Waals surface area contributed by atoms with Gasteiger partial charge in [0.05, 0.1) is 7.11 Å². The Bertz CT molecular complexity index is 617. The Balaban J connectivity index is 2.14. The summed E-state index contributed by atoms with van der Waals surface area (Å²) < 4.78 is 5.10. The highest BCUT2D eigenvalue weighted by atomic mass is 32.2. The molecule has 0 aliphatic heterocycles. The number of methoxy groups -OCH3 is 1. The Morgan fingerprint density at radius 1 is 1.14 bits per heavy atom. The maximum Gasteiger partial charge on any atom is 0.492 e. The minimum atomic E-state index is -1.55. The van der Waals surface area contributed by atoms with Crippen LogP contribution in [0.2, 0.25) is 0 Å². The first-order valence-corrected chi connectivity index (χ1v) is 7.46. The van der Waals surface area contributed by atoms with Crippen LogP contribution < -0.4 is 10.2 Å². The van der Waals surface area contributed by atoms with Crippen LogP contribution in [0.4, 0.5) is 0 Å². The van der Waals surface area contributed by atoms with Gasteiger partial charge in [0, 0.05) is 22.6 Å². The number of aromatic nitrogens is 2. The van der Waals surface area contributed by atoms with Crippen molar-refractivity contribution in [3.8, 4) is 5.75 Å². The predicted molar refractivity (Wildman–Crippen MR) is 83.9 cm³/mol. The molecule has 5 nitrogen and oxygen atoms in total. The molecule has 0 unspecified atom stereocenters. The standard InChI is InChI=1S/C14H17BN2O3S/c1-9-6-10(2)17-14(16-9)21-8-11-4-5-13(20-3)12(7-11)15(18)19/h4-7,18-19H,8H2,1-3H3. The number of nitrogens with zero attached hydrogens (tertiary/aromatic N) is 2. The van der Waals surface area contributed by atoms with Crippen LogP contribution in [0.3, 0.4) is 0 Å². The lowest BCUT2D eigenvalue weighted by molar-refractivity contribution is 0.403. The summed E-state index contributed by atoms with van der Waals surface area (Å²) >= 11 is 1.51. The number of hydrogen-bond acceptors (Lipinski definition) is 6. The number of rotatable bonds is 5. The highest BCUT2D eigenvalue weighted by Crippen LogP contribution is 2.21. The number of aryl methyl sites for hydroxylation is 2. The SMILES string of the molecule is COc1ccc(CSc2nc(C)cc(C)n2)cc1B(O)O. The average molecular weight is 304 g/mol. The van der Waals surface area contributed by atoms with Crippen LogP contribution in [-0.4, -0.2) is 34.2 Å². The second-order valence-corrected chi connectivity index (χ2v) is 5.61. The van der Waals surface area contributed by atoms with Crippen molar-refractivity contribution in [3.63, 3.8) is 0 Å². The molecule has 7 heteroatoms. The molecular formula is C14H17BN2O3S. The molecule has 0 fully saturated rings. The average Bonchev–Trinajstić information content (AvgIpc) is 2.43. The molecule has 0 amide bonds. The van der Waals surface area contributed by atoms with Crippen molar-refractivity contribution >= 4 is 24.3 Å². The third-order valence-electron chi connectivity index (χ3n) is 2.90. The van der Waals surface area contributed by atoms with Crippen molar-refractivity contribution < 1.29 is 14.8 Å². The summed E-state index contributed by atoms with van der Waals surface area (Å²) in [7, 11) is -0.0544. The first-order chi connectivity index (χ1) is 9.99. The Labute approximate surface area is 128 Å². The van der Waals surface area contributed by atoms with Crippen LogP contribution in [0, 0.1) is 13.8 Å². The molecule has 0 aliphatic carbocycles. The maximum absolute atomic E-state index is 9.36. The molecule has 0 saturated heterocycles. The molecule has 0 spiro atoms. The van der Waals surface area contributed by atoms with Gasteiger partial charge in [-0.3, -0.25) is 0 Å². The van der Waals surface area contributed by atoms with Gasteiger partial charge in [0.25, 0.3) is 0 Å². The van der Waals surface area contributed by atoms with Gasteiger partial charge in [-0.15, -0.1) is 0 Å². The molecule has 2 rings (SSSR count). The Kier molecular flexibility index (Phi) is 5.22. The highest BCUT2D eigenvalue weighted by Gasteiger charge is 2.17. The molecule has 0 bridgehead atoms. The molecule has 110 valence electrons. The summed E-state index contributed by atoms with van der Waals surface area (Å²) in [5.74, 6) is 1.11. The van der Waals surface area contributed by atoms with Crippen molar-refractivity contribution in [1.29, 1.82) is 0 Å². The van der Waals surface area contributed by atoms with E-state index in [1.165, 1.54) is 18.9 Å². The molecule has 21 heavy (non-hydrogen) atoms. The zero-order valence-electron chi connectivity index (χ0n) is 12.2. The van der Waals surface area contributed by atoms with Gasteiger partial charge in [-0.25, -0.2) is 9.97 Å². The van der Waals surface area contributed by atoms with E-state index in [0.29, 0.717) is 17.0 Å². The summed E-state index contributed by atoms with van der Waals surface area (Å²) in [4.78, 5) is 8.74. The van der Waals surface area contributed by atoms with E-state index in [1.807, 2.05) is 26.0 Å². The van der Waals surface area contributed by atoms with E-state index < -0.39 is 7.12 Å². The minimum Gasteiger partial charge on any atom is -0.497 e. The van der Waals surface area contributed by atoms with Gasteiger partial charge in [-0.2, -0.15) is 0 Å². The first kappa shape index (κ1) is 15.8. The van der Waals surface area contributed by atoms with Crippen LogP contribution in [0.1, 0.15) is 17.0 Å². The lowest BCUT2D eigenvalue weighted by atomic mass is 9.79. The Hall–Kier alpha value is -1.57. The van der Waals surface area contributed by atoms with E-state index in [9.17, 15) is 10.0 Å². The van der Waals surface area contributed by atoms with Crippen LogP contribution in [-0.2, 0) is 5.75 Å². The quantitative estimate of drug-likeness (QED) is 0.489. The summed E-state index contributed by atoms with van der Waals surface area (Å²) in [6, 6.07) is 7.27. The minimum absolute atomic E-state index is 0.358. The smallest absolute Gasteiger partial charge is 0.492 e. The van der Waals surface area contributed by atoms with E-state index in [4.69, 9.17) is 4.74 Å². The van der Waals surface area contributed by atoms with Gasteiger partial charge in [-0.1, -0.05) is 23.9 Å². The van der Waals surface area contributed by atoms with Crippen molar-refractivity contribution in [2.24, 2.45) is 0 Å². The number of hydrogen-bond donors (Lipinski definition) is 2. The van der Waals surface area contributed by atoms with Gasteiger partial charge in [0.15, 0.2) is 5.16 Å². The van der Waals surface area contributed by atoms with E-state index >= 15 is 0 Å². The maximum atomic E-state index is 9.36. The summed E-state index contributed by atoms with van der Waals surface area (Å²) in [6.45, 7) is 3.87. The third kappa shape index (κ3) is 4.20. The van der Waals surface area contributed by atoms with Crippen LogP contribution in [0.15, 0.2) is 29.4 Å². The van der Waals surface area contributed by atoms with E-state index in [-0.39, 0.29) is 0 Å². The van der Waals surface area contributed by atoms with E-state index in [0.717, 1.165) is 22.1 Å². The second-order valence-electron chi connectivity index (χ2n) is 4.67.